The highest BCUT2D eigenvalue weighted by molar-refractivity contribution is 5.92. The molecule has 0 aliphatic carbocycles. The second-order valence-corrected chi connectivity index (χ2v) is 6.05. The Hall–Kier alpha value is -2.40. The van der Waals surface area contributed by atoms with Crippen LogP contribution in [0.25, 0.3) is 0 Å². The van der Waals surface area contributed by atoms with Gasteiger partial charge in [-0.1, -0.05) is 38.1 Å². The number of likely N-dealkylation sites (N-methyl/N-ethyl adjacent to an activating group) is 1. The van der Waals surface area contributed by atoms with Gasteiger partial charge in [0.25, 0.3) is 0 Å². The van der Waals surface area contributed by atoms with Gasteiger partial charge in [0.1, 0.15) is 18.2 Å². The number of ether oxygens (including phenoxy) is 1. The third-order valence-electron chi connectivity index (χ3n) is 4.25. The number of nitrogens with zero attached hydrogens (tertiary/aromatic N) is 1. The molecule has 0 unspecified atom stereocenters. The largest absolute Gasteiger partial charge is 0.490 e. The first-order valence-electron chi connectivity index (χ1n) is 9.10. The number of anilines is 1. The standard InChI is InChI=1S/C21H27FN2O2/c1-3-24(4-2)14-15-26-20-11-6-5-10-19(20)23-21(25)13-12-17-8-7-9-18(22)16-17/h5-11,16H,3-4,12-15H2,1-2H3,(H,23,25). The molecule has 0 radical (unpaired) electrons. The summed E-state index contributed by atoms with van der Waals surface area (Å²) in [5.41, 5.74) is 1.47. The first-order valence-corrected chi connectivity index (χ1v) is 9.10. The summed E-state index contributed by atoms with van der Waals surface area (Å²) in [5, 5.41) is 2.89. The number of aryl methyl sites for hydroxylation is 1. The van der Waals surface area contributed by atoms with E-state index in [2.05, 4.69) is 24.1 Å². The SMILES string of the molecule is CCN(CC)CCOc1ccccc1NC(=O)CCc1cccc(F)c1. The molecule has 1 amide bonds. The lowest BCUT2D eigenvalue weighted by Crippen LogP contribution is -2.28. The minimum Gasteiger partial charge on any atom is -0.490 e. The number of nitrogens with one attached hydrogen (secondary N) is 1. The molecule has 0 saturated carbocycles. The summed E-state index contributed by atoms with van der Waals surface area (Å²) in [6.45, 7) is 7.62. The fraction of sp³-hybridized carbons (Fsp3) is 0.381. The van der Waals surface area contributed by atoms with Gasteiger partial charge in [0.2, 0.25) is 5.91 Å². The second kappa shape index (κ2) is 10.6. The Labute approximate surface area is 155 Å². The number of carbonyl (C=O) groups is 1. The highest BCUT2D eigenvalue weighted by atomic mass is 19.1. The van der Waals surface area contributed by atoms with Gasteiger partial charge < -0.3 is 15.0 Å². The van der Waals surface area contributed by atoms with Gasteiger partial charge in [-0.05, 0) is 49.3 Å². The van der Waals surface area contributed by atoms with Crippen LogP contribution in [-0.2, 0) is 11.2 Å². The Morgan fingerprint density at radius 1 is 1.12 bits per heavy atom. The molecule has 0 saturated heterocycles. The van der Waals surface area contributed by atoms with Crippen molar-refractivity contribution in [3.8, 4) is 5.75 Å². The van der Waals surface area contributed by atoms with Crippen LogP contribution in [0.2, 0.25) is 0 Å². The van der Waals surface area contributed by atoms with Gasteiger partial charge in [-0.3, -0.25) is 4.79 Å². The maximum Gasteiger partial charge on any atom is 0.224 e. The molecule has 0 aromatic heterocycles. The van der Waals surface area contributed by atoms with Gasteiger partial charge in [-0.25, -0.2) is 4.39 Å². The van der Waals surface area contributed by atoms with Crippen LogP contribution < -0.4 is 10.1 Å². The summed E-state index contributed by atoms with van der Waals surface area (Å²) in [4.78, 5) is 14.5. The minimum atomic E-state index is -0.283. The smallest absolute Gasteiger partial charge is 0.224 e. The molecule has 1 N–H and O–H groups in total. The molecule has 0 atom stereocenters. The van der Waals surface area contributed by atoms with E-state index < -0.39 is 0 Å². The Morgan fingerprint density at radius 2 is 1.88 bits per heavy atom. The van der Waals surface area contributed by atoms with Crippen LogP contribution in [0, 0.1) is 5.82 Å². The van der Waals surface area contributed by atoms with Crippen LogP contribution in [0.3, 0.4) is 0 Å². The van der Waals surface area contributed by atoms with Crippen molar-refractivity contribution in [1.82, 2.24) is 4.90 Å². The molecule has 0 heterocycles. The average Bonchev–Trinajstić information content (AvgIpc) is 2.65. The lowest BCUT2D eigenvalue weighted by atomic mass is 10.1. The van der Waals surface area contributed by atoms with E-state index in [1.807, 2.05) is 30.3 Å². The first-order chi connectivity index (χ1) is 12.6. The molecule has 0 spiro atoms. The Bertz CT molecular complexity index is 702. The van der Waals surface area contributed by atoms with Crippen molar-refractivity contribution in [1.29, 1.82) is 0 Å². The van der Waals surface area contributed by atoms with E-state index in [4.69, 9.17) is 4.74 Å². The Balaban J connectivity index is 1.87. The topological polar surface area (TPSA) is 41.6 Å². The first kappa shape index (κ1) is 19.9. The molecular weight excluding hydrogens is 331 g/mol. The van der Waals surface area contributed by atoms with Gasteiger partial charge >= 0.3 is 0 Å². The molecule has 5 heteroatoms. The van der Waals surface area contributed by atoms with E-state index >= 15 is 0 Å². The number of carbonyl (C=O) groups excluding carboxylic acids is 1. The Kier molecular flexibility index (Phi) is 8.09. The Morgan fingerprint density at radius 3 is 2.62 bits per heavy atom. The molecule has 2 rings (SSSR count). The molecule has 0 bridgehead atoms. The second-order valence-electron chi connectivity index (χ2n) is 6.05. The number of hydrogen-bond acceptors (Lipinski definition) is 3. The molecule has 0 fully saturated rings. The number of halogens is 1. The molecule has 0 aliphatic rings. The lowest BCUT2D eigenvalue weighted by Gasteiger charge is -2.19. The van der Waals surface area contributed by atoms with Crippen molar-refractivity contribution in [2.24, 2.45) is 0 Å². The zero-order valence-electron chi connectivity index (χ0n) is 15.5. The summed E-state index contributed by atoms with van der Waals surface area (Å²) in [7, 11) is 0. The highest BCUT2D eigenvalue weighted by Gasteiger charge is 2.09. The van der Waals surface area contributed by atoms with E-state index in [-0.39, 0.29) is 18.1 Å². The number of para-hydroxylation sites is 2. The van der Waals surface area contributed by atoms with Crippen LogP contribution >= 0.6 is 0 Å². The summed E-state index contributed by atoms with van der Waals surface area (Å²) in [6, 6.07) is 13.8. The molecule has 0 aliphatic heterocycles. The van der Waals surface area contributed by atoms with Gasteiger partial charge in [-0.15, -0.1) is 0 Å². The van der Waals surface area contributed by atoms with Crippen molar-refractivity contribution in [3.63, 3.8) is 0 Å². The zero-order valence-corrected chi connectivity index (χ0v) is 15.5. The minimum absolute atomic E-state index is 0.117. The number of hydrogen-bond donors (Lipinski definition) is 1. The fourth-order valence-corrected chi connectivity index (χ4v) is 2.68. The van der Waals surface area contributed by atoms with E-state index in [1.165, 1.54) is 12.1 Å². The predicted molar refractivity (Wildman–Crippen MR) is 103 cm³/mol. The highest BCUT2D eigenvalue weighted by Crippen LogP contribution is 2.24. The van der Waals surface area contributed by atoms with Gasteiger partial charge in [0.05, 0.1) is 5.69 Å². The predicted octanol–water partition coefficient (Wildman–Crippen LogP) is 4.12. The average molecular weight is 358 g/mol. The summed E-state index contributed by atoms with van der Waals surface area (Å²) >= 11 is 0. The van der Waals surface area contributed by atoms with E-state index in [1.54, 1.807) is 6.07 Å². The van der Waals surface area contributed by atoms with Crippen LogP contribution in [0.15, 0.2) is 48.5 Å². The van der Waals surface area contributed by atoms with Crippen LogP contribution in [0.4, 0.5) is 10.1 Å². The van der Waals surface area contributed by atoms with Crippen molar-refractivity contribution < 1.29 is 13.9 Å². The van der Waals surface area contributed by atoms with Gasteiger partial charge in [-0.2, -0.15) is 0 Å². The zero-order chi connectivity index (χ0) is 18.8. The molecule has 2 aromatic rings. The van der Waals surface area contributed by atoms with Crippen molar-refractivity contribution in [2.45, 2.75) is 26.7 Å². The van der Waals surface area contributed by atoms with Gasteiger partial charge in [0, 0.05) is 13.0 Å². The summed E-state index contributed by atoms with van der Waals surface area (Å²) in [5.74, 6) is 0.266. The van der Waals surface area contributed by atoms with Crippen molar-refractivity contribution in [3.05, 3.63) is 59.9 Å². The molecule has 4 nitrogen and oxygen atoms in total. The molecular formula is C21H27FN2O2. The number of rotatable bonds is 10. The number of benzene rings is 2. The maximum atomic E-state index is 13.2. The normalized spacial score (nSPS) is 10.8. The molecule has 26 heavy (non-hydrogen) atoms. The van der Waals surface area contributed by atoms with Crippen LogP contribution in [0.1, 0.15) is 25.8 Å². The number of amides is 1. The van der Waals surface area contributed by atoms with E-state index in [0.717, 1.165) is 25.2 Å². The third kappa shape index (κ3) is 6.48. The van der Waals surface area contributed by atoms with Gasteiger partial charge in [0.15, 0.2) is 0 Å². The molecule has 140 valence electrons. The third-order valence-corrected chi connectivity index (χ3v) is 4.25. The monoisotopic (exact) mass is 358 g/mol. The van der Waals surface area contributed by atoms with Crippen molar-refractivity contribution >= 4 is 11.6 Å². The quantitative estimate of drug-likeness (QED) is 0.695. The summed E-state index contributed by atoms with van der Waals surface area (Å²) < 4.78 is 19.0. The maximum absolute atomic E-state index is 13.2. The fourth-order valence-electron chi connectivity index (χ4n) is 2.68. The lowest BCUT2D eigenvalue weighted by molar-refractivity contribution is -0.116. The summed E-state index contributed by atoms with van der Waals surface area (Å²) in [6.07, 6.45) is 0.784. The van der Waals surface area contributed by atoms with Crippen molar-refractivity contribution in [2.75, 3.05) is 31.6 Å². The van der Waals surface area contributed by atoms with E-state index in [9.17, 15) is 9.18 Å². The van der Waals surface area contributed by atoms with Crippen LogP contribution in [0.5, 0.6) is 5.75 Å². The van der Waals surface area contributed by atoms with E-state index in [0.29, 0.717) is 24.5 Å². The van der Waals surface area contributed by atoms with Crippen LogP contribution in [-0.4, -0.2) is 37.0 Å². The molecule has 2 aromatic carbocycles.